The molecule has 192 valence electrons. The molecule has 2 aliphatic heterocycles. The molecule has 0 radical (unpaired) electrons. The molecule has 4 rings (SSSR count). The van der Waals surface area contributed by atoms with E-state index in [9.17, 15) is 9.90 Å². The molecule has 1 aromatic heterocycles. The van der Waals surface area contributed by atoms with E-state index in [1.54, 1.807) is 11.1 Å². The highest BCUT2D eigenvalue weighted by Gasteiger charge is 2.28. The van der Waals surface area contributed by atoms with Gasteiger partial charge in [-0.05, 0) is 38.1 Å². The smallest absolute Gasteiger partial charge is 0.222 e. The number of benzene rings is 1. The molecule has 2 aromatic rings. The lowest BCUT2D eigenvalue weighted by atomic mass is 10.0. The Morgan fingerprint density at radius 2 is 2.06 bits per heavy atom. The predicted molar refractivity (Wildman–Crippen MR) is 129 cm³/mol. The first-order valence-corrected chi connectivity index (χ1v) is 12.4. The summed E-state index contributed by atoms with van der Waals surface area (Å²) in [5, 5.41) is 18.0. The zero-order chi connectivity index (χ0) is 24.8. The van der Waals surface area contributed by atoms with Crippen molar-refractivity contribution in [3.8, 4) is 11.5 Å². The van der Waals surface area contributed by atoms with Crippen LogP contribution in [-0.2, 0) is 29.2 Å². The fourth-order valence-electron chi connectivity index (χ4n) is 4.62. The van der Waals surface area contributed by atoms with Crippen molar-refractivity contribution in [3.05, 3.63) is 35.7 Å². The third kappa shape index (κ3) is 6.50. The van der Waals surface area contributed by atoms with Gasteiger partial charge in [-0.3, -0.25) is 9.69 Å². The van der Waals surface area contributed by atoms with Crippen LogP contribution in [0.3, 0.4) is 0 Å². The van der Waals surface area contributed by atoms with E-state index in [2.05, 4.69) is 35.2 Å². The van der Waals surface area contributed by atoms with Crippen LogP contribution in [0.1, 0.15) is 37.9 Å². The van der Waals surface area contributed by atoms with E-state index in [0.29, 0.717) is 52.3 Å². The lowest BCUT2D eigenvalue weighted by Crippen LogP contribution is -2.47. The van der Waals surface area contributed by atoms with E-state index in [4.69, 9.17) is 14.2 Å². The summed E-state index contributed by atoms with van der Waals surface area (Å²) in [5.41, 5.74) is 2.04. The molecule has 35 heavy (non-hydrogen) atoms. The van der Waals surface area contributed by atoms with E-state index in [1.807, 2.05) is 23.7 Å². The standard InChI is InChI=1S/C25H37N5O5/c1-18-13-29(19(2)16-31)25(32)5-4-8-30-21(12-26-27-30)17-35-24(18)15-28(3)14-20-6-7-22-23(11-20)34-10-9-33-22/h6-7,11-12,18-19,24,31H,4-5,8-10,13-17H2,1-3H3/t18-,19-,24-/m1/s1. The van der Waals surface area contributed by atoms with Crippen LogP contribution >= 0.6 is 0 Å². The highest BCUT2D eigenvalue weighted by Crippen LogP contribution is 2.31. The van der Waals surface area contributed by atoms with Crippen LogP contribution in [-0.4, -0.2) is 87.9 Å². The van der Waals surface area contributed by atoms with Gasteiger partial charge in [0.2, 0.25) is 5.91 Å². The first kappa shape index (κ1) is 25.4. The van der Waals surface area contributed by atoms with Gasteiger partial charge in [-0.15, -0.1) is 5.10 Å². The number of likely N-dealkylation sites (N-methyl/N-ethyl adjacent to an activating group) is 1. The summed E-state index contributed by atoms with van der Waals surface area (Å²) >= 11 is 0. The molecule has 0 spiro atoms. The fourth-order valence-corrected chi connectivity index (χ4v) is 4.62. The molecule has 0 saturated heterocycles. The Kier molecular flexibility index (Phi) is 8.59. The van der Waals surface area contributed by atoms with E-state index in [-0.39, 0.29) is 30.6 Å². The molecule has 1 aromatic carbocycles. The molecular weight excluding hydrogens is 450 g/mol. The first-order chi connectivity index (χ1) is 16.9. The molecule has 1 amide bonds. The molecule has 10 nitrogen and oxygen atoms in total. The molecule has 3 heterocycles. The number of hydrogen-bond acceptors (Lipinski definition) is 8. The minimum Gasteiger partial charge on any atom is -0.486 e. The summed E-state index contributed by atoms with van der Waals surface area (Å²) in [6.45, 7) is 8.00. The maximum absolute atomic E-state index is 13.0. The minimum atomic E-state index is -0.245. The third-order valence-electron chi connectivity index (χ3n) is 6.69. The maximum Gasteiger partial charge on any atom is 0.222 e. The zero-order valence-corrected chi connectivity index (χ0v) is 20.9. The van der Waals surface area contributed by atoms with E-state index >= 15 is 0 Å². The average molecular weight is 488 g/mol. The molecule has 0 unspecified atom stereocenters. The SMILES string of the molecule is C[C@@H]1CN([C@H](C)CO)C(=O)CCCn2nncc2CO[C@@H]1CN(C)Cc1ccc2c(c1)OCCO2. The normalized spacial score (nSPS) is 22.3. The summed E-state index contributed by atoms with van der Waals surface area (Å²) in [5.74, 6) is 1.67. The van der Waals surface area contributed by atoms with Crippen LogP contribution in [0.5, 0.6) is 11.5 Å². The number of amides is 1. The summed E-state index contributed by atoms with van der Waals surface area (Å²) in [6.07, 6.45) is 2.67. The fraction of sp³-hybridized carbons (Fsp3) is 0.640. The van der Waals surface area contributed by atoms with Crippen molar-refractivity contribution in [2.24, 2.45) is 5.92 Å². The molecule has 0 bridgehead atoms. The Balaban J connectivity index is 1.48. The number of fused-ring (bicyclic) bond motifs is 2. The first-order valence-electron chi connectivity index (χ1n) is 12.4. The second-order valence-electron chi connectivity index (χ2n) is 9.63. The van der Waals surface area contributed by atoms with Gasteiger partial charge in [0.15, 0.2) is 11.5 Å². The second-order valence-corrected chi connectivity index (χ2v) is 9.63. The van der Waals surface area contributed by atoms with Crippen molar-refractivity contribution in [3.63, 3.8) is 0 Å². The van der Waals surface area contributed by atoms with Crippen molar-refractivity contribution in [2.75, 3.05) is 40.0 Å². The van der Waals surface area contributed by atoms with Crippen LogP contribution in [0, 0.1) is 5.92 Å². The second kappa shape index (κ2) is 11.8. The number of aliphatic hydroxyl groups is 1. The number of aryl methyl sites for hydroxylation is 1. The highest BCUT2D eigenvalue weighted by molar-refractivity contribution is 5.76. The Labute approximate surface area is 206 Å². The van der Waals surface area contributed by atoms with Crippen LogP contribution in [0.15, 0.2) is 24.4 Å². The van der Waals surface area contributed by atoms with Gasteiger partial charge in [0.1, 0.15) is 13.2 Å². The molecule has 10 heteroatoms. The monoisotopic (exact) mass is 487 g/mol. The van der Waals surface area contributed by atoms with Gasteiger partial charge in [-0.25, -0.2) is 4.68 Å². The van der Waals surface area contributed by atoms with Gasteiger partial charge in [0, 0.05) is 38.5 Å². The predicted octanol–water partition coefficient (Wildman–Crippen LogP) is 1.71. The van der Waals surface area contributed by atoms with E-state index in [1.165, 1.54) is 0 Å². The van der Waals surface area contributed by atoms with Gasteiger partial charge in [0.25, 0.3) is 0 Å². The number of ether oxygens (including phenoxy) is 3. The van der Waals surface area contributed by atoms with Crippen molar-refractivity contribution >= 4 is 5.91 Å². The average Bonchev–Trinajstić information content (AvgIpc) is 3.30. The molecule has 2 aliphatic rings. The number of carbonyl (C=O) groups is 1. The van der Waals surface area contributed by atoms with Gasteiger partial charge in [0.05, 0.1) is 37.3 Å². The number of nitrogens with zero attached hydrogens (tertiary/aromatic N) is 5. The van der Waals surface area contributed by atoms with Gasteiger partial charge in [-0.1, -0.05) is 18.2 Å². The number of hydrogen-bond donors (Lipinski definition) is 1. The molecular formula is C25H37N5O5. The Morgan fingerprint density at radius 3 is 2.86 bits per heavy atom. The third-order valence-corrected chi connectivity index (χ3v) is 6.69. The molecule has 3 atom stereocenters. The van der Waals surface area contributed by atoms with Crippen molar-refractivity contribution in [1.82, 2.24) is 24.8 Å². The summed E-state index contributed by atoms with van der Waals surface area (Å²) in [4.78, 5) is 17.0. The van der Waals surface area contributed by atoms with Crippen molar-refractivity contribution in [2.45, 2.75) is 58.5 Å². The molecule has 0 fully saturated rings. The van der Waals surface area contributed by atoms with Crippen LogP contribution in [0.4, 0.5) is 0 Å². The lowest BCUT2D eigenvalue weighted by Gasteiger charge is -2.35. The molecule has 0 aliphatic carbocycles. The Morgan fingerprint density at radius 1 is 1.26 bits per heavy atom. The van der Waals surface area contributed by atoms with E-state index in [0.717, 1.165) is 29.3 Å². The number of aromatic nitrogens is 3. The topological polar surface area (TPSA) is 102 Å². The Hall–Kier alpha value is -2.69. The number of aliphatic hydroxyl groups excluding tert-OH is 1. The summed E-state index contributed by atoms with van der Waals surface area (Å²) in [6, 6.07) is 5.80. The maximum atomic E-state index is 13.0. The van der Waals surface area contributed by atoms with Gasteiger partial charge < -0.3 is 24.2 Å². The van der Waals surface area contributed by atoms with Crippen molar-refractivity contribution < 1.29 is 24.1 Å². The van der Waals surface area contributed by atoms with Gasteiger partial charge >= 0.3 is 0 Å². The quantitative estimate of drug-likeness (QED) is 0.657. The molecule has 1 N–H and O–H groups in total. The van der Waals surface area contributed by atoms with Crippen molar-refractivity contribution in [1.29, 1.82) is 0 Å². The lowest BCUT2D eigenvalue weighted by molar-refractivity contribution is -0.136. The Bertz CT molecular complexity index is 983. The molecule has 0 saturated carbocycles. The summed E-state index contributed by atoms with van der Waals surface area (Å²) < 4.78 is 19.6. The van der Waals surface area contributed by atoms with Gasteiger partial charge in [-0.2, -0.15) is 0 Å². The number of carbonyl (C=O) groups excluding carboxylic acids is 1. The van der Waals surface area contributed by atoms with Crippen LogP contribution in [0.25, 0.3) is 0 Å². The van der Waals surface area contributed by atoms with Crippen LogP contribution < -0.4 is 9.47 Å². The largest absolute Gasteiger partial charge is 0.486 e. The zero-order valence-electron chi connectivity index (χ0n) is 20.9. The highest BCUT2D eigenvalue weighted by atomic mass is 16.6. The van der Waals surface area contributed by atoms with E-state index < -0.39 is 0 Å². The minimum absolute atomic E-state index is 0.0454. The number of rotatable bonds is 6. The van der Waals surface area contributed by atoms with Crippen LogP contribution in [0.2, 0.25) is 0 Å². The summed E-state index contributed by atoms with van der Waals surface area (Å²) in [7, 11) is 2.06.